The Morgan fingerprint density at radius 3 is 1.31 bits per heavy atom. The van der Waals surface area contributed by atoms with Gasteiger partial charge in [-0.2, -0.15) is 0 Å². The monoisotopic (exact) mass is 1100 g/mol. The lowest BCUT2D eigenvalue weighted by Crippen LogP contribution is -2.42. The van der Waals surface area contributed by atoms with Gasteiger partial charge in [0.1, 0.15) is 34.4 Å². The van der Waals surface area contributed by atoms with Crippen LogP contribution in [0.5, 0.6) is 0 Å². The highest BCUT2D eigenvalue weighted by atomic mass is 79.9. The molecule has 2 saturated heterocycles. The maximum Gasteiger partial charge on any atom is 0.412 e. The van der Waals surface area contributed by atoms with Crippen LogP contribution in [0.15, 0.2) is 170 Å². The number of benzene rings is 7. The number of ether oxygens (including phenoxy) is 4. The first kappa shape index (κ1) is 58.0. The van der Waals surface area contributed by atoms with E-state index in [0.717, 1.165) is 111 Å². The minimum absolute atomic E-state index is 0. The van der Waals surface area contributed by atoms with Crippen molar-refractivity contribution in [2.75, 3.05) is 82.5 Å². The average molecular weight is 1100 g/mol. The SMILES string of the molecule is Br.CC(C)(C)OC(=O)Nc1ccc(C=CCN2CCOCC2)c2ccccc12.CC(C)(C)OC(=O)Nc1ccc(C=O)c2ccccc12.c1ccc([P+](CCN2CCOCC2)(c2ccccc2)c2ccccc2)cc1. The predicted octanol–water partition coefficient (Wildman–Crippen LogP) is 12.4. The molecule has 394 valence electrons. The summed E-state index contributed by atoms with van der Waals surface area (Å²) in [7, 11) is -1.70. The second kappa shape index (κ2) is 28.1. The molecule has 2 heterocycles. The summed E-state index contributed by atoms with van der Waals surface area (Å²) < 4.78 is 21.5. The van der Waals surface area contributed by atoms with Crippen LogP contribution in [0.25, 0.3) is 27.6 Å². The van der Waals surface area contributed by atoms with E-state index in [4.69, 9.17) is 18.9 Å². The molecule has 0 aromatic heterocycles. The fourth-order valence-corrected chi connectivity index (χ4v) is 13.3. The highest BCUT2D eigenvalue weighted by Gasteiger charge is 2.45. The number of fused-ring (bicyclic) bond motifs is 2. The Morgan fingerprint density at radius 1 is 0.520 bits per heavy atom. The summed E-state index contributed by atoms with van der Waals surface area (Å²) in [6.07, 6.45) is 5.35. The molecule has 9 rings (SSSR count). The van der Waals surface area contributed by atoms with Crippen molar-refractivity contribution in [3.63, 3.8) is 0 Å². The van der Waals surface area contributed by atoms with Crippen molar-refractivity contribution in [2.45, 2.75) is 52.7 Å². The summed E-state index contributed by atoms with van der Waals surface area (Å²) in [4.78, 5) is 39.9. The van der Waals surface area contributed by atoms with E-state index in [9.17, 15) is 14.4 Å². The van der Waals surface area contributed by atoms with Gasteiger partial charge < -0.3 is 18.9 Å². The van der Waals surface area contributed by atoms with Gasteiger partial charge in [0.15, 0.2) is 6.29 Å². The second-order valence-electron chi connectivity index (χ2n) is 20.2. The molecule has 2 N–H and O–H groups in total. The van der Waals surface area contributed by atoms with Crippen molar-refractivity contribution in [2.24, 2.45) is 0 Å². The van der Waals surface area contributed by atoms with E-state index in [2.05, 4.69) is 130 Å². The van der Waals surface area contributed by atoms with Crippen LogP contribution in [0.2, 0.25) is 0 Å². The second-order valence-corrected chi connectivity index (χ2v) is 23.8. The van der Waals surface area contributed by atoms with Gasteiger partial charge in [-0.25, -0.2) is 9.59 Å². The topological polar surface area (TPSA) is 119 Å². The summed E-state index contributed by atoms with van der Waals surface area (Å²) in [6.45, 7) is 20.4. The molecule has 0 radical (unpaired) electrons. The number of nitrogens with zero attached hydrogens (tertiary/aromatic N) is 2. The first-order valence-corrected chi connectivity index (χ1v) is 27.5. The van der Waals surface area contributed by atoms with Gasteiger partial charge in [0, 0.05) is 55.6 Å². The number of morpholine rings is 2. The summed E-state index contributed by atoms with van der Waals surface area (Å²) in [5.74, 6) is 0. The lowest BCUT2D eigenvalue weighted by atomic mass is 10.0. The number of hydrogen-bond acceptors (Lipinski definition) is 9. The zero-order valence-corrected chi connectivity index (χ0v) is 46.8. The lowest BCUT2D eigenvalue weighted by molar-refractivity contribution is 0.0409. The molecule has 75 heavy (non-hydrogen) atoms. The van der Waals surface area contributed by atoms with Crippen LogP contribution in [0.3, 0.4) is 0 Å². The summed E-state index contributed by atoms with van der Waals surface area (Å²) in [5, 5.41) is 13.7. The van der Waals surface area contributed by atoms with Gasteiger partial charge in [-0.1, -0.05) is 121 Å². The third kappa shape index (κ3) is 16.9. The largest absolute Gasteiger partial charge is 0.444 e. The molecule has 2 fully saturated rings. The molecule has 0 unspecified atom stereocenters. The highest BCUT2D eigenvalue weighted by molar-refractivity contribution is 8.93. The van der Waals surface area contributed by atoms with Crippen LogP contribution in [0.4, 0.5) is 21.0 Å². The van der Waals surface area contributed by atoms with Gasteiger partial charge in [-0.3, -0.25) is 25.2 Å². The Labute approximate surface area is 454 Å². The van der Waals surface area contributed by atoms with Crippen LogP contribution in [0.1, 0.15) is 57.5 Å². The number of halogens is 1. The van der Waals surface area contributed by atoms with Crippen LogP contribution >= 0.6 is 24.2 Å². The Balaban J connectivity index is 0.000000184. The summed E-state index contributed by atoms with van der Waals surface area (Å²) in [6, 6.07) is 56.3. The Morgan fingerprint density at radius 2 is 0.893 bits per heavy atom. The van der Waals surface area contributed by atoms with Crippen molar-refractivity contribution in [3.8, 4) is 0 Å². The molecule has 2 aliphatic rings. The Hall–Kier alpha value is -6.24. The first-order valence-electron chi connectivity index (χ1n) is 25.5. The fourth-order valence-electron chi connectivity index (χ4n) is 9.05. The maximum atomic E-state index is 12.1. The molecule has 2 aliphatic heterocycles. The molecule has 0 spiro atoms. The van der Waals surface area contributed by atoms with E-state index in [1.54, 1.807) is 32.9 Å². The predicted molar refractivity (Wildman–Crippen MR) is 317 cm³/mol. The molecule has 0 atom stereocenters. The number of aldehydes is 1. The number of nitrogens with one attached hydrogen (secondary N) is 2. The number of carbonyl (C=O) groups is 3. The normalized spacial score (nSPS) is 14.3. The number of rotatable bonds is 12. The van der Waals surface area contributed by atoms with Crippen LogP contribution < -0.4 is 26.5 Å². The Kier molecular flexibility index (Phi) is 21.7. The van der Waals surface area contributed by atoms with Gasteiger partial charge >= 0.3 is 12.2 Å². The van der Waals surface area contributed by atoms with E-state index in [1.807, 2.05) is 75.4 Å². The van der Waals surface area contributed by atoms with Crippen LogP contribution in [-0.2, 0) is 18.9 Å². The molecule has 7 aromatic carbocycles. The van der Waals surface area contributed by atoms with E-state index < -0.39 is 30.7 Å². The minimum atomic E-state index is -1.70. The van der Waals surface area contributed by atoms with Gasteiger partial charge in [0.25, 0.3) is 0 Å². The standard InChI is InChI=1S/C24H27NOP.C22H28N2O3.C16H17NO3.BrH/c1-4-10-22(11-5-1)27(23-12-6-2-7-13-23,24-14-8-3-9-15-24)21-18-25-16-19-26-20-17-25;1-22(2,3)27-21(25)23-20-11-10-17(18-8-4-5-9-19(18)20)7-6-12-24-13-15-26-16-14-24;1-16(2,3)20-15(19)17-14-9-8-11(10-18)12-6-4-5-7-13(12)14;/h1-15H,16-21H2;4-11H,12-16H2,1-3H3,(H,23,25);4-10H,1-3H3,(H,17,19);1H/q+1;;;. The molecule has 7 aromatic rings. The van der Waals surface area contributed by atoms with Gasteiger partial charge in [0.2, 0.25) is 0 Å². The lowest BCUT2D eigenvalue weighted by Gasteiger charge is -2.32. The zero-order chi connectivity index (χ0) is 52.4. The number of hydrogen-bond donors (Lipinski definition) is 2. The third-order valence-corrected chi connectivity index (χ3v) is 16.9. The van der Waals surface area contributed by atoms with Crippen LogP contribution in [-0.4, -0.2) is 111 Å². The van der Waals surface area contributed by atoms with Crippen molar-refractivity contribution in [3.05, 3.63) is 181 Å². The number of amides is 2. The van der Waals surface area contributed by atoms with Crippen molar-refractivity contribution in [1.29, 1.82) is 0 Å². The first-order chi connectivity index (χ1) is 35.7. The maximum absolute atomic E-state index is 12.1. The molecule has 13 heteroatoms. The van der Waals surface area contributed by atoms with Crippen LogP contribution in [0, 0.1) is 0 Å². The number of anilines is 2. The van der Waals surface area contributed by atoms with E-state index in [0.29, 0.717) is 11.3 Å². The van der Waals surface area contributed by atoms with E-state index in [1.165, 1.54) is 15.9 Å². The van der Waals surface area contributed by atoms with E-state index >= 15 is 0 Å². The summed E-state index contributed by atoms with van der Waals surface area (Å²) >= 11 is 0. The molecule has 0 aliphatic carbocycles. The molecule has 11 nitrogen and oxygen atoms in total. The number of carbonyl (C=O) groups excluding carboxylic acids is 3. The van der Waals surface area contributed by atoms with Gasteiger partial charge in [-0.15, -0.1) is 17.0 Å². The molecular weight excluding hydrogens is 1020 g/mol. The van der Waals surface area contributed by atoms with Crippen molar-refractivity contribution < 1.29 is 33.3 Å². The molecular formula is C62H73BrN4O7P+. The Bertz CT molecular complexity index is 2840. The quantitative estimate of drug-likeness (QED) is 0.0911. The zero-order valence-electron chi connectivity index (χ0n) is 44.2. The summed E-state index contributed by atoms with van der Waals surface area (Å²) in [5.41, 5.74) is 2.03. The van der Waals surface area contributed by atoms with Crippen molar-refractivity contribution in [1.82, 2.24) is 9.80 Å². The van der Waals surface area contributed by atoms with Gasteiger partial charge in [-0.05, 0) is 112 Å². The molecule has 0 bridgehead atoms. The fraction of sp³-hybridized carbons (Fsp3) is 0.306. The highest BCUT2D eigenvalue weighted by Crippen LogP contribution is 2.55. The van der Waals surface area contributed by atoms with E-state index in [-0.39, 0.29) is 17.0 Å². The molecule has 2 amide bonds. The molecule has 0 saturated carbocycles. The third-order valence-electron chi connectivity index (χ3n) is 12.5. The minimum Gasteiger partial charge on any atom is -0.444 e. The van der Waals surface area contributed by atoms with Gasteiger partial charge in [0.05, 0.1) is 44.0 Å². The average Bonchev–Trinajstić information content (AvgIpc) is 3.40. The smallest absolute Gasteiger partial charge is 0.412 e. The van der Waals surface area contributed by atoms with Crippen molar-refractivity contribution >= 4 is 97.6 Å².